The van der Waals surface area contributed by atoms with Crippen LogP contribution in [0.25, 0.3) is 0 Å². The molecular formula is C26H34F9N3O. The molecule has 1 aromatic rings. The van der Waals surface area contributed by atoms with Crippen molar-refractivity contribution in [1.29, 1.82) is 0 Å². The number of carbonyl (C=O) groups is 1. The molecule has 13 heteroatoms. The number of benzene rings is 1. The Balaban J connectivity index is 1.70. The Morgan fingerprint density at radius 1 is 1.03 bits per heavy atom. The van der Waals surface area contributed by atoms with Crippen LogP contribution in [0.15, 0.2) is 18.2 Å². The lowest BCUT2D eigenvalue weighted by atomic mass is 9.72. The first-order valence-electron chi connectivity index (χ1n) is 13.0. The van der Waals surface area contributed by atoms with E-state index in [0.717, 1.165) is 25.0 Å². The molecular weight excluding hydrogens is 541 g/mol. The number of rotatable bonds is 11. The standard InChI is InChI=1S/C26H34F9N3O/c1-18-4-3-9-38(13-18)21-11-19(10-20(12-21)24(27,28)29)14-37-15-23(16-37,7-8-36-17-39)6-2-5-22(25(30,31)32)26(33,34)35/h10-12,17-18,22H,2-9,13-16H2,1H3,(H,36,39). The molecule has 0 aromatic heterocycles. The Hall–Kier alpha value is -2.18. The first kappa shape index (κ1) is 31.3. The summed E-state index contributed by atoms with van der Waals surface area (Å²) in [6.45, 7) is 4.29. The predicted molar refractivity (Wildman–Crippen MR) is 128 cm³/mol. The van der Waals surface area contributed by atoms with Gasteiger partial charge in [-0.1, -0.05) is 13.3 Å². The van der Waals surface area contributed by atoms with Gasteiger partial charge in [-0.3, -0.25) is 9.69 Å². The van der Waals surface area contributed by atoms with Crippen molar-refractivity contribution < 1.29 is 44.3 Å². The van der Waals surface area contributed by atoms with Crippen molar-refractivity contribution in [3.8, 4) is 0 Å². The third kappa shape index (κ3) is 8.65. The van der Waals surface area contributed by atoms with E-state index in [1.54, 1.807) is 6.07 Å². The van der Waals surface area contributed by atoms with Gasteiger partial charge in [0.05, 0.1) is 5.56 Å². The molecule has 2 fully saturated rings. The lowest BCUT2D eigenvalue weighted by molar-refractivity contribution is -0.286. The second-order valence-electron chi connectivity index (χ2n) is 11.1. The monoisotopic (exact) mass is 575 g/mol. The summed E-state index contributed by atoms with van der Waals surface area (Å²) in [5.41, 5.74) is -0.476. The molecule has 0 aliphatic carbocycles. The van der Waals surface area contributed by atoms with Crippen molar-refractivity contribution in [1.82, 2.24) is 10.2 Å². The van der Waals surface area contributed by atoms with Gasteiger partial charge in [-0.25, -0.2) is 0 Å². The Morgan fingerprint density at radius 3 is 2.26 bits per heavy atom. The second-order valence-corrected chi connectivity index (χ2v) is 11.1. The zero-order valence-corrected chi connectivity index (χ0v) is 21.7. The molecule has 1 N–H and O–H groups in total. The molecule has 2 saturated heterocycles. The summed E-state index contributed by atoms with van der Waals surface area (Å²) >= 11 is 0. The normalized spacial score (nSPS) is 20.7. The molecule has 1 amide bonds. The maximum atomic E-state index is 13.7. The number of alkyl halides is 9. The van der Waals surface area contributed by atoms with E-state index in [9.17, 15) is 44.3 Å². The van der Waals surface area contributed by atoms with E-state index >= 15 is 0 Å². The van der Waals surface area contributed by atoms with Crippen molar-refractivity contribution in [2.24, 2.45) is 17.3 Å². The topological polar surface area (TPSA) is 35.6 Å². The number of halogens is 9. The molecule has 222 valence electrons. The van der Waals surface area contributed by atoms with Crippen LogP contribution in [-0.4, -0.2) is 56.4 Å². The van der Waals surface area contributed by atoms with E-state index in [4.69, 9.17) is 0 Å². The predicted octanol–water partition coefficient (Wildman–Crippen LogP) is 6.79. The van der Waals surface area contributed by atoms with Crippen LogP contribution in [-0.2, 0) is 17.5 Å². The minimum atomic E-state index is -5.40. The molecule has 0 bridgehead atoms. The molecule has 1 unspecified atom stereocenters. The van der Waals surface area contributed by atoms with Crippen LogP contribution in [0.5, 0.6) is 0 Å². The zero-order chi connectivity index (χ0) is 29.1. The third-order valence-electron chi connectivity index (χ3n) is 7.72. The van der Waals surface area contributed by atoms with E-state index in [-0.39, 0.29) is 25.9 Å². The van der Waals surface area contributed by atoms with Crippen LogP contribution < -0.4 is 10.2 Å². The lowest BCUT2D eigenvalue weighted by Gasteiger charge is -2.51. The molecule has 0 spiro atoms. The smallest absolute Gasteiger partial charge is 0.371 e. The number of nitrogens with zero attached hydrogens (tertiary/aromatic N) is 2. The summed E-state index contributed by atoms with van der Waals surface area (Å²) in [5.74, 6) is -3.06. The first-order valence-corrected chi connectivity index (χ1v) is 13.0. The lowest BCUT2D eigenvalue weighted by Crippen LogP contribution is -2.56. The second kappa shape index (κ2) is 12.1. The third-order valence-corrected chi connectivity index (χ3v) is 7.72. The van der Waals surface area contributed by atoms with E-state index in [2.05, 4.69) is 5.32 Å². The van der Waals surface area contributed by atoms with E-state index in [0.29, 0.717) is 56.2 Å². The molecule has 1 atom stereocenters. The molecule has 39 heavy (non-hydrogen) atoms. The van der Waals surface area contributed by atoms with Crippen LogP contribution >= 0.6 is 0 Å². The summed E-state index contributed by atoms with van der Waals surface area (Å²) in [6.07, 6.45) is -14.0. The number of carbonyl (C=O) groups excluding carboxylic acids is 1. The van der Waals surface area contributed by atoms with Gasteiger partial charge in [0.15, 0.2) is 5.92 Å². The molecule has 2 aliphatic heterocycles. The highest BCUT2D eigenvalue weighted by atomic mass is 19.4. The minimum absolute atomic E-state index is 0.0756. The Morgan fingerprint density at radius 2 is 1.69 bits per heavy atom. The van der Waals surface area contributed by atoms with E-state index in [1.807, 2.05) is 16.7 Å². The van der Waals surface area contributed by atoms with Gasteiger partial charge in [0.2, 0.25) is 6.41 Å². The average Bonchev–Trinajstić information content (AvgIpc) is 2.78. The highest BCUT2D eigenvalue weighted by Gasteiger charge is 2.56. The summed E-state index contributed by atoms with van der Waals surface area (Å²) in [6, 6.07) is 3.95. The fourth-order valence-corrected chi connectivity index (χ4v) is 5.84. The van der Waals surface area contributed by atoms with Gasteiger partial charge in [0.25, 0.3) is 0 Å². The number of amides is 1. The van der Waals surface area contributed by atoms with Gasteiger partial charge in [0, 0.05) is 45.0 Å². The largest absolute Gasteiger partial charge is 0.416 e. The molecule has 1 aromatic carbocycles. The number of likely N-dealkylation sites (tertiary alicyclic amines) is 1. The van der Waals surface area contributed by atoms with Gasteiger partial charge in [-0.05, 0) is 67.2 Å². The number of nitrogens with one attached hydrogen (secondary N) is 1. The van der Waals surface area contributed by atoms with E-state index < -0.39 is 41.8 Å². The number of piperidine rings is 1. The van der Waals surface area contributed by atoms with Crippen molar-refractivity contribution in [3.63, 3.8) is 0 Å². The summed E-state index contributed by atoms with van der Waals surface area (Å²) < 4.78 is 119. The molecule has 2 heterocycles. The zero-order valence-electron chi connectivity index (χ0n) is 21.7. The maximum absolute atomic E-state index is 13.7. The van der Waals surface area contributed by atoms with Gasteiger partial charge in [-0.2, -0.15) is 39.5 Å². The van der Waals surface area contributed by atoms with Gasteiger partial charge in [-0.15, -0.1) is 0 Å². The van der Waals surface area contributed by atoms with Crippen molar-refractivity contribution in [2.75, 3.05) is 37.6 Å². The van der Waals surface area contributed by atoms with Gasteiger partial charge >= 0.3 is 18.5 Å². The van der Waals surface area contributed by atoms with Crippen LogP contribution in [0.4, 0.5) is 45.2 Å². The Kier molecular flexibility index (Phi) is 9.76. The Labute approximate surface area is 221 Å². The van der Waals surface area contributed by atoms with Crippen LogP contribution in [0.2, 0.25) is 0 Å². The Bertz CT molecular complexity index is 941. The van der Waals surface area contributed by atoms with Crippen molar-refractivity contribution in [2.45, 2.75) is 70.5 Å². The fraction of sp³-hybridized carbons (Fsp3) is 0.731. The van der Waals surface area contributed by atoms with Crippen LogP contribution in [0.1, 0.15) is 56.6 Å². The highest BCUT2D eigenvalue weighted by Crippen LogP contribution is 2.45. The van der Waals surface area contributed by atoms with Crippen LogP contribution in [0, 0.1) is 17.3 Å². The summed E-state index contributed by atoms with van der Waals surface area (Å²) in [4.78, 5) is 14.4. The number of hydrogen-bond acceptors (Lipinski definition) is 3. The SMILES string of the molecule is CC1CCCN(c2cc(CN3CC(CCCC(C(F)(F)F)C(F)(F)F)(CCNC=O)C3)cc(C(F)(F)F)c2)C1. The van der Waals surface area contributed by atoms with Gasteiger partial charge in [0.1, 0.15) is 0 Å². The molecule has 3 rings (SSSR count). The maximum Gasteiger partial charge on any atom is 0.416 e. The first-order chi connectivity index (χ1) is 18.0. The molecule has 2 aliphatic rings. The molecule has 0 saturated carbocycles. The number of hydrogen-bond donors (Lipinski definition) is 1. The van der Waals surface area contributed by atoms with Crippen molar-refractivity contribution in [3.05, 3.63) is 29.3 Å². The van der Waals surface area contributed by atoms with Crippen LogP contribution in [0.3, 0.4) is 0 Å². The molecule has 0 radical (unpaired) electrons. The quantitative estimate of drug-likeness (QED) is 0.179. The van der Waals surface area contributed by atoms with E-state index in [1.165, 1.54) is 0 Å². The molecule has 4 nitrogen and oxygen atoms in total. The highest BCUT2D eigenvalue weighted by molar-refractivity contribution is 5.52. The number of anilines is 1. The summed E-state index contributed by atoms with van der Waals surface area (Å²) in [5, 5.41) is 2.47. The van der Waals surface area contributed by atoms with Crippen molar-refractivity contribution >= 4 is 12.1 Å². The minimum Gasteiger partial charge on any atom is -0.371 e. The van der Waals surface area contributed by atoms with Gasteiger partial charge < -0.3 is 10.2 Å². The fourth-order valence-electron chi connectivity index (χ4n) is 5.84. The average molecular weight is 576 g/mol. The summed E-state index contributed by atoms with van der Waals surface area (Å²) in [7, 11) is 0.